The average molecular weight is 268 g/mol. The topological polar surface area (TPSA) is 41.6 Å². The summed E-state index contributed by atoms with van der Waals surface area (Å²) in [6, 6.07) is 0.768. The van der Waals surface area contributed by atoms with E-state index in [-0.39, 0.29) is 12.0 Å². The van der Waals surface area contributed by atoms with Gasteiger partial charge in [-0.15, -0.1) is 0 Å². The quantitative estimate of drug-likeness (QED) is 0.794. The molecule has 2 aliphatic rings. The highest BCUT2D eigenvalue weighted by molar-refractivity contribution is 5.82. The summed E-state index contributed by atoms with van der Waals surface area (Å²) in [6.45, 7) is 6.48. The Balaban J connectivity index is 2.27. The fraction of sp³-hybridized carbons (Fsp3) is 0.933. The van der Waals surface area contributed by atoms with Crippen LogP contribution in [0, 0.1) is 0 Å². The van der Waals surface area contributed by atoms with E-state index in [1.54, 1.807) is 0 Å². The maximum absolute atomic E-state index is 12.4. The van der Waals surface area contributed by atoms with Crippen LogP contribution < -0.4 is 5.32 Å². The molecule has 0 radical (unpaired) electrons. The number of carbonyl (C=O) groups is 1. The molecule has 0 aliphatic carbocycles. The van der Waals surface area contributed by atoms with Crippen LogP contribution in [-0.2, 0) is 9.53 Å². The summed E-state index contributed by atoms with van der Waals surface area (Å²) in [5.41, 5.74) is -0.475. The van der Waals surface area contributed by atoms with Gasteiger partial charge in [0.25, 0.3) is 0 Å². The summed E-state index contributed by atoms with van der Waals surface area (Å²) in [4.78, 5) is 14.9. The van der Waals surface area contributed by atoms with Gasteiger partial charge in [-0.05, 0) is 59.0 Å². The molecule has 0 bridgehead atoms. The lowest BCUT2D eigenvalue weighted by Gasteiger charge is -2.50. The van der Waals surface area contributed by atoms with E-state index in [0.29, 0.717) is 6.04 Å². The van der Waals surface area contributed by atoms with E-state index in [2.05, 4.69) is 24.1 Å². The molecule has 0 saturated carbocycles. The van der Waals surface area contributed by atoms with Crippen LogP contribution >= 0.6 is 0 Å². The van der Waals surface area contributed by atoms with Gasteiger partial charge in [0, 0.05) is 12.1 Å². The highest BCUT2D eigenvalue weighted by atomic mass is 16.5. The molecular weight excluding hydrogens is 240 g/mol. The number of ether oxygens (including phenoxy) is 1. The fourth-order valence-electron chi connectivity index (χ4n) is 3.81. The van der Waals surface area contributed by atoms with Crippen molar-refractivity contribution in [3.05, 3.63) is 0 Å². The molecule has 0 aromatic heterocycles. The molecule has 2 unspecified atom stereocenters. The second-order valence-electron chi connectivity index (χ2n) is 6.19. The van der Waals surface area contributed by atoms with E-state index < -0.39 is 5.54 Å². The van der Waals surface area contributed by atoms with E-state index in [4.69, 9.17) is 4.74 Å². The number of esters is 1. The summed E-state index contributed by atoms with van der Waals surface area (Å²) in [5.74, 6) is -0.0650. The molecule has 2 heterocycles. The van der Waals surface area contributed by atoms with Crippen LogP contribution in [-0.4, -0.2) is 48.7 Å². The van der Waals surface area contributed by atoms with Crippen molar-refractivity contribution < 1.29 is 9.53 Å². The smallest absolute Gasteiger partial charge is 0.327 e. The van der Waals surface area contributed by atoms with Crippen LogP contribution in [0.3, 0.4) is 0 Å². The minimum Gasteiger partial charge on any atom is -0.468 e. The zero-order chi connectivity index (χ0) is 13.9. The zero-order valence-corrected chi connectivity index (χ0v) is 12.6. The summed E-state index contributed by atoms with van der Waals surface area (Å²) in [7, 11) is 1.52. The average Bonchev–Trinajstić information content (AvgIpc) is 2.47. The number of hydrogen-bond donors (Lipinski definition) is 1. The van der Waals surface area contributed by atoms with Gasteiger partial charge in [-0.1, -0.05) is 6.42 Å². The van der Waals surface area contributed by atoms with Gasteiger partial charge in [-0.25, -0.2) is 4.79 Å². The highest BCUT2D eigenvalue weighted by Gasteiger charge is 2.50. The third kappa shape index (κ3) is 2.79. The minimum absolute atomic E-state index is 0.0650. The molecule has 2 fully saturated rings. The lowest BCUT2D eigenvalue weighted by molar-refractivity contribution is -0.155. The lowest BCUT2D eigenvalue weighted by atomic mass is 9.77. The fourth-order valence-corrected chi connectivity index (χ4v) is 3.81. The summed E-state index contributed by atoms with van der Waals surface area (Å²) in [5, 5.41) is 3.52. The summed E-state index contributed by atoms with van der Waals surface area (Å²) < 4.78 is 5.15. The van der Waals surface area contributed by atoms with Gasteiger partial charge in [0.2, 0.25) is 0 Å². The highest BCUT2D eigenvalue weighted by Crippen LogP contribution is 2.34. The number of rotatable bonds is 3. The first-order chi connectivity index (χ1) is 9.12. The Hall–Kier alpha value is -0.610. The molecule has 0 spiro atoms. The van der Waals surface area contributed by atoms with Gasteiger partial charge in [-0.2, -0.15) is 0 Å². The molecule has 2 saturated heterocycles. The number of likely N-dealkylation sites (tertiary alicyclic amines) is 1. The standard InChI is InChI=1S/C15H28N2O2/c1-12(2)17-11-7-4-8-13(17)15(14(18)19-3)9-5-6-10-16-15/h12-13,16H,4-11H2,1-3H3. The van der Waals surface area contributed by atoms with E-state index >= 15 is 0 Å². The summed E-state index contributed by atoms with van der Waals surface area (Å²) >= 11 is 0. The Bertz CT molecular complexity index is 311. The second-order valence-corrected chi connectivity index (χ2v) is 6.19. The molecule has 0 aromatic carbocycles. The molecule has 1 N–H and O–H groups in total. The van der Waals surface area contributed by atoms with Gasteiger partial charge < -0.3 is 10.1 Å². The van der Waals surface area contributed by atoms with Crippen molar-refractivity contribution >= 4 is 5.97 Å². The first kappa shape index (κ1) is 14.8. The number of carbonyl (C=O) groups excluding carboxylic acids is 1. The number of piperidine rings is 2. The normalized spacial score (nSPS) is 33.4. The Morgan fingerprint density at radius 3 is 2.68 bits per heavy atom. The molecule has 4 heteroatoms. The van der Waals surface area contributed by atoms with Crippen LogP contribution in [0.1, 0.15) is 52.4 Å². The molecule has 0 aromatic rings. The van der Waals surface area contributed by atoms with E-state index in [1.807, 2.05) is 0 Å². The largest absolute Gasteiger partial charge is 0.468 e. The van der Waals surface area contributed by atoms with E-state index in [1.165, 1.54) is 20.0 Å². The number of nitrogens with zero attached hydrogens (tertiary/aromatic N) is 1. The molecule has 110 valence electrons. The van der Waals surface area contributed by atoms with Crippen LogP contribution in [0.4, 0.5) is 0 Å². The predicted molar refractivity (Wildman–Crippen MR) is 76.1 cm³/mol. The van der Waals surface area contributed by atoms with Gasteiger partial charge in [-0.3, -0.25) is 4.90 Å². The predicted octanol–water partition coefficient (Wildman–Crippen LogP) is 1.93. The van der Waals surface area contributed by atoms with Gasteiger partial charge in [0.05, 0.1) is 7.11 Å². The lowest BCUT2D eigenvalue weighted by Crippen LogP contribution is -2.68. The van der Waals surface area contributed by atoms with Crippen LogP contribution in [0.2, 0.25) is 0 Å². The monoisotopic (exact) mass is 268 g/mol. The SMILES string of the molecule is COC(=O)C1(C2CCCCN2C(C)C)CCCCN1. The van der Waals surface area contributed by atoms with Crippen molar-refractivity contribution in [1.82, 2.24) is 10.2 Å². The third-order valence-corrected chi connectivity index (χ3v) is 4.76. The van der Waals surface area contributed by atoms with E-state index in [0.717, 1.165) is 38.8 Å². The maximum Gasteiger partial charge on any atom is 0.327 e. The minimum atomic E-state index is -0.475. The van der Waals surface area contributed by atoms with E-state index in [9.17, 15) is 4.79 Å². The van der Waals surface area contributed by atoms with Crippen LogP contribution in [0.15, 0.2) is 0 Å². The molecule has 19 heavy (non-hydrogen) atoms. The van der Waals surface area contributed by atoms with Crippen LogP contribution in [0.5, 0.6) is 0 Å². The Morgan fingerprint density at radius 2 is 2.11 bits per heavy atom. The summed E-state index contributed by atoms with van der Waals surface area (Å²) in [6.07, 6.45) is 6.74. The van der Waals surface area contributed by atoms with Crippen molar-refractivity contribution in [2.75, 3.05) is 20.2 Å². The van der Waals surface area contributed by atoms with Crippen molar-refractivity contribution in [2.24, 2.45) is 0 Å². The molecule has 4 nitrogen and oxygen atoms in total. The maximum atomic E-state index is 12.4. The van der Waals surface area contributed by atoms with Crippen molar-refractivity contribution in [1.29, 1.82) is 0 Å². The van der Waals surface area contributed by atoms with Gasteiger partial charge >= 0.3 is 5.97 Å². The van der Waals surface area contributed by atoms with Gasteiger partial charge in [0.1, 0.15) is 5.54 Å². The number of hydrogen-bond acceptors (Lipinski definition) is 4. The Kier molecular flexibility index (Phi) is 4.85. The molecular formula is C15H28N2O2. The Morgan fingerprint density at radius 1 is 1.32 bits per heavy atom. The number of methoxy groups -OCH3 is 1. The second kappa shape index (κ2) is 6.23. The molecule has 2 rings (SSSR count). The number of nitrogens with one attached hydrogen (secondary N) is 1. The first-order valence-electron chi connectivity index (χ1n) is 7.71. The zero-order valence-electron chi connectivity index (χ0n) is 12.6. The molecule has 2 aliphatic heterocycles. The van der Waals surface area contributed by atoms with Crippen molar-refractivity contribution in [3.8, 4) is 0 Å². The van der Waals surface area contributed by atoms with Crippen LogP contribution in [0.25, 0.3) is 0 Å². The first-order valence-corrected chi connectivity index (χ1v) is 7.71. The van der Waals surface area contributed by atoms with Crippen molar-refractivity contribution in [3.63, 3.8) is 0 Å². The molecule has 2 atom stereocenters. The van der Waals surface area contributed by atoms with Crippen molar-refractivity contribution in [2.45, 2.75) is 70.0 Å². The third-order valence-electron chi connectivity index (χ3n) is 4.76. The Labute approximate surface area is 116 Å². The molecule has 0 amide bonds. The van der Waals surface area contributed by atoms with Gasteiger partial charge in [0.15, 0.2) is 0 Å².